The van der Waals surface area contributed by atoms with Gasteiger partial charge in [-0.25, -0.2) is 0 Å². The Hall–Kier alpha value is -2.67. The van der Waals surface area contributed by atoms with Gasteiger partial charge in [0, 0.05) is 22.7 Å². The normalized spacial score (nSPS) is 10.0. The van der Waals surface area contributed by atoms with Crippen molar-refractivity contribution in [3.05, 3.63) is 46.7 Å². The van der Waals surface area contributed by atoms with Crippen molar-refractivity contribution in [3.8, 4) is 0 Å². The third-order valence-corrected chi connectivity index (χ3v) is 3.74. The quantitative estimate of drug-likeness (QED) is 0.732. The summed E-state index contributed by atoms with van der Waals surface area (Å²) in [5.41, 5.74) is 5.80. The first-order valence-corrected chi connectivity index (χ1v) is 7.45. The molecule has 0 spiro atoms. The van der Waals surface area contributed by atoms with Gasteiger partial charge in [-0.15, -0.1) is 11.3 Å². The van der Waals surface area contributed by atoms with Gasteiger partial charge in [0.25, 0.3) is 0 Å². The van der Waals surface area contributed by atoms with Gasteiger partial charge in [-0.05, 0) is 36.1 Å². The second-order valence-corrected chi connectivity index (χ2v) is 5.56. The third-order valence-electron chi connectivity index (χ3n) is 2.81. The molecule has 0 aliphatic heterocycles. The Morgan fingerprint density at radius 3 is 2.41 bits per heavy atom. The molecule has 2 rings (SSSR count). The van der Waals surface area contributed by atoms with Gasteiger partial charge in [0.1, 0.15) is 0 Å². The van der Waals surface area contributed by atoms with E-state index in [1.807, 2.05) is 17.5 Å². The lowest BCUT2D eigenvalue weighted by molar-refractivity contribution is -0.134. The van der Waals surface area contributed by atoms with Gasteiger partial charge in [-0.3, -0.25) is 14.4 Å². The van der Waals surface area contributed by atoms with Crippen LogP contribution in [0.1, 0.15) is 11.3 Å². The lowest BCUT2D eigenvalue weighted by Crippen LogP contribution is -2.29. The fourth-order valence-corrected chi connectivity index (χ4v) is 2.49. The minimum absolute atomic E-state index is 0.119. The van der Waals surface area contributed by atoms with Crippen LogP contribution in [0, 0.1) is 0 Å². The number of carbonyl (C=O) groups is 3. The summed E-state index contributed by atoms with van der Waals surface area (Å²) in [7, 11) is 0. The van der Waals surface area contributed by atoms with Crippen molar-refractivity contribution in [2.45, 2.75) is 12.8 Å². The van der Waals surface area contributed by atoms with Crippen LogP contribution in [0.4, 0.5) is 11.4 Å². The molecule has 22 heavy (non-hydrogen) atoms. The number of aryl methyl sites for hydroxylation is 1. The minimum Gasteiger partial charge on any atom is -0.361 e. The summed E-state index contributed by atoms with van der Waals surface area (Å²) in [6.07, 6.45) is 1.06. The molecule has 114 valence electrons. The molecular weight excluding hydrogens is 302 g/mol. The Balaban J connectivity index is 1.90. The summed E-state index contributed by atoms with van der Waals surface area (Å²) in [6.45, 7) is 0. The first-order chi connectivity index (χ1) is 10.5. The average molecular weight is 317 g/mol. The lowest BCUT2D eigenvalue weighted by Gasteiger charge is -2.07. The number of benzene rings is 1. The van der Waals surface area contributed by atoms with Gasteiger partial charge < -0.3 is 16.4 Å². The molecule has 0 aliphatic carbocycles. The number of hydrogen-bond donors (Lipinski definition) is 3. The van der Waals surface area contributed by atoms with Crippen LogP contribution in [0.2, 0.25) is 0 Å². The van der Waals surface area contributed by atoms with Crippen LogP contribution in [0.15, 0.2) is 41.8 Å². The number of anilines is 2. The zero-order chi connectivity index (χ0) is 15.9. The molecule has 0 radical (unpaired) electrons. The molecule has 0 aliphatic rings. The Kier molecular flexibility index (Phi) is 5.26. The molecule has 1 heterocycles. The number of nitrogens with one attached hydrogen (secondary N) is 2. The topological polar surface area (TPSA) is 101 Å². The van der Waals surface area contributed by atoms with Crippen LogP contribution in [-0.2, 0) is 20.8 Å². The largest absolute Gasteiger partial charge is 0.361 e. The number of hydrogen-bond acceptors (Lipinski definition) is 4. The van der Waals surface area contributed by atoms with Crippen molar-refractivity contribution in [2.75, 3.05) is 10.6 Å². The molecule has 0 saturated carbocycles. The molecule has 6 nitrogen and oxygen atoms in total. The zero-order valence-electron chi connectivity index (χ0n) is 11.7. The summed E-state index contributed by atoms with van der Waals surface area (Å²) < 4.78 is 0. The maximum atomic E-state index is 11.9. The van der Waals surface area contributed by atoms with E-state index in [1.54, 1.807) is 35.6 Å². The van der Waals surface area contributed by atoms with E-state index >= 15 is 0 Å². The Labute approximate surface area is 131 Å². The average Bonchev–Trinajstić information content (AvgIpc) is 2.98. The van der Waals surface area contributed by atoms with Crippen molar-refractivity contribution < 1.29 is 14.4 Å². The van der Waals surface area contributed by atoms with Crippen LogP contribution < -0.4 is 16.4 Å². The van der Waals surface area contributed by atoms with Crippen molar-refractivity contribution in [1.82, 2.24) is 0 Å². The van der Waals surface area contributed by atoms with E-state index in [0.29, 0.717) is 24.2 Å². The van der Waals surface area contributed by atoms with Crippen molar-refractivity contribution in [3.63, 3.8) is 0 Å². The number of amides is 3. The molecule has 2 aromatic rings. The van der Waals surface area contributed by atoms with Crippen LogP contribution in [0.5, 0.6) is 0 Å². The molecule has 0 atom stereocenters. The van der Waals surface area contributed by atoms with Gasteiger partial charge in [0.15, 0.2) is 0 Å². The highest BCUT2D eigenvalue weighted by Gasteiger charge is 2.09. The SMILES string of the molecule is NC(=O)C(=O)Nc1cccc(NC(=O)CCc2cccs2)c1. The summed E-state index contributed by atoms with van der Waals surface area (Å²) in [6, 6.07) is 10.4. The molecule has 0 saturated heterocycles. The van der Waals surface area contributed by atoms with Crippen molar-refractivity contribution >= 4 is 40.4 Å². The molecule has 0 fully saturated rings. The highest BCUT2D eigenvalue weighted by atomic mass is 32.1. The number of primary amides is 1. The second-order valence-electron chi connectivity index (χ2n) is 4.53. The minimum atomic E-state index is -1.06. The smallest absolute Gasteiger partial charge is 0.313 e. The molecule has 7 heteroatoms. The van der Waals surface area contributed by atoms with Gasteiger partial charge in [-0.1, -0.05) is 12.1 Å². The summed E-state index contributed by atoms with van der Waals surface area (Å²) in [5.74, 6) is -2.08. The van der Waals surface area contributed by atoms with Gasteiger partial charge in [-0.2, -0.15) is 0 Å². The summed E-state index contributed by atoms with van der Waals surface area (Å²) in [5, 5.41) is 7.06. The van der Waals surface area contributed by atoms with Crippen LogP contribution in [0.25, 0.3) is 0 Å². The van der Waals surface area contributed by atoms with E-state index in [2.05, 4.69) is 10.6 Å². The van der Waals surface area contributed by atoms with Crippen LogP contribution in [-0.4, -0.2) is 17.7 Å². The van der Waals surface area contributed by atoms with Crippen LogP contribution >= 0.6 is 11.3 Å². The van der Waals surface area contributed by atoms with E-state index in [4.69, 9.17) is 5.73 Å². The van der Waals surface area contributed by atoms with E-state index in [-0.39, 0.29) is 5.91 Å². The monoisotopic (exact) mass is 317 g/mol. The second kappa shape index (κ2) is 7.37. The number of rotatable bonds is 5. The van der Waals surface area contributed by atoms with Crippen molar-refractivity contribution in [2.24, 2.45) is 5.73 Å². The number of nitrogens with two attached hydrogens (primary N) is 1. The molecule has 3 amide bonds. The Bertz CT molecular complexity index is 683. The lowest BCUT2D eigenvalue weighted by atomic mass is 10.2. The highest BCUT2D eigenvalue weighted by Crippen LogP contribution is 2.16. The number of thiophene rings is 1. The first kappa shape index (κ1) is 15.7. The highest BCUT2D eigenvalue weighted by molar-refractivity contribution is 7.09. The van der Waals surface area contributed by atoms with E-state index < -0.39 is 11.8 Å². The Morgan fingerprint density at radius 1 is 1.05 bits per heavy atom. The van der Waals surface area contributed by atoms with Gasteiger partial charge >= 0.3 is 11.8 Å². The maximum Gasteiger partial charge on any atom is 0.313 e. The summed E-state index contributed by atoms with van der Waals surface area (Å²) in [4.78, 5) is 34.9. The van der Waals surface area contributed by atoms with Gasteiger partial charge in [0.05, 0.1) is 0 Å². The predicted molar refractivity (Wildman–Crippen MR) is 85.5 cm³/mol. The standard InChI is InChI=1S/C15H15N3O3S/c16-14(20)15(21)18-11-4-1-3-10(9-11)17-13(19)7-6-12-5-2-8-22-12/h1-5,8-9H,6-7H2,(H2,16,20)(H,17,19)(H,18,21). The molecule has 1 aromatic carbocycles. The molecule has 0 bridgehead atoms. The third kappa shape index (κ3) is 4.71. The molecule has 1 aromatic heterocycles. The predicted octanol–water partition coefficient (Wildman–Crippen LogP) is 1.74. The number of carbonyl (C=O) groups excluding carboxylic acids is 3. The van der Waals surface area contributed by atoms with E-state index in [1.165, 1.54) is 0 Å². The molecule has 0 unspecified atom stereocenters. The van der Waals surface area contributed by atoms with Crippen molar-refractivity contribution in [1.29, 1.82) is 0 Å². The first-order valence-electron chi connectivity index (χ1n) is 6.57. The van der Waals surface area contributed by atoms with Gasteiger partial charge in [0.2, 0.25) is 5.91 Å². The fraction of sp³-hybridized carbons (Fsp3) is 0.133. The van der Waals surface area contributed by atoms with Crippen LogP contribution in [0.3, 0.4) is 0 Å². The van der Waals surface area contributed by atoms with E-state index in [0.717, 1.165) is 4.88 Å². The zero-order valence-corrected chi connectivity index (χ0v) is 12.5. The summed E-state index contributed by atoms with van der Waals surface area (Å²) >= 11 is 1.61. The maximum absolute atomic E-state index is 11.9. The molecule has 4 N–H and O–H groups in total. The van der Waals surface area contributed by atoms with E-state index in [9.17, 15) is 14.4 Å². The fourth-order valence-electron chi connectivity index (χ4n) is 1.78. The molecular formula is C15H15N3O3S. The Morgan fingerprint density at radius 2 is 1.77 bits per heavy atom.